The van der Waals surface area contributed by atoms with Crippen LogP contribution in [0.1, 0.15) is 22.4 Å². The predicted octanol–water partition coefficient (Wildman–Crippen LogP) is 4.27. The molecule has 1 aliphatic heterocycles. The van der Waals surface area contributed by atoms with Crippen molar-refractivity contribution in [2.24, 2.45) is 0 Å². The van der Waals surface area contributed by atoms with Gasteiger partial charge in [-0.05, 0) is 48.9 Å². The maximum atomic E-state index is 13.2. The van der Waals surface area contributed by atoms with E-state index >= 15 is 0 Å². The molecule has 0 unspecified atom stereocenters. The van der Waals surface area contributed by atoms with Gasteiger partial charge in [0.2, 0.25) is 5.91 Å². The van der Waals surface area contributed by atoms with Crippen LogP contribution >= 0.6 is 22.7 Å². The molecule has 0 spiro atoms. The van der Waals surface area contributed by atoms with Crippen LogP contribution in [0.25, 0.3) is 10.2 Å². The Morgan fingerprint density at radius 2 is 2.10 bits per heavy atom. The third-order valence-corrected chi connectivity index (χ3v) is 7.12. The monoisotopic (exact) mass is 429 g/mol. The molecule has 3 aromatic rings. The van der Waals surface area contributed by atoms with E-state index in [4.69, 9.17) is 9.72 Å². The summed E-state index contributed by atoms with van der Waals surface area (Å²) in [6.45, 7) is 9.43. The summed E-state index contributed by atoms with van der Waals surface area (Å²) in [5.41, 5.74) is 3.41. The molecule has 0 radical (unpaired) electrons. The van der Waals surface area contributed by atoms with Crippen molar-refractivity contribution in [2.45, 2.75) is 26.7 Å². The number of thiazole rings is 1. The fourth-order valence-corrected chi connectivity index (χ4v) is 5.62. The van der Waals surface area contributed by atoms with Gasteiger partial charge in [0, 0.05) is 31.1 Å². The minimum absolute atomic E-state index is 0.128. The molecule has 1 aliphatic rings. The van der Waals surface area contributed by atoms with Crippen molar-refractivity contribution in [3.8, 4) is 0 Å². The van der Waals surface area contributed by atoms with Crippen molar-refractivity contribution in [1.82, 2.24) is 9.88 Å². The molecule has 154 valence electrons. The van der Waals surface area contributed by atoms with Crippen molar-refractivity contribution in [1.29, 1.82) is 0 Å². The Morgan fingerprint density at radius 3 is 2.86 bits per heavy atom. The van der Waals surface area contributed by atoms with Crippen molar-refractivity contribution in [3.05, 3.63) is 45.6 Å². The summed E-state index contributed by atoms with van der Waals surface area (Å²) in [6, 6.07) is 8.35. The van der Waals surface area contributed by atoms with E-state index in [1.165, 1.54) is 11.1 Å². The van der Waals surface area contributed by atoms with Crippen LogP contribution in [0.5, 0.6) is 0 Å². The van der Waals surface area contributed by atoms with E-state index in [2.05, 4.69) is 30.9 Å². The van der Waals surface area contributed by atoms with Gasteiger partial charge in [0.1, 0.15) is 0 Å². The van der Waals surface area contributed by atoms with Crippen molar-refractivity contribution < 1.29 is 9.53 Å². The minimum atomic E-state index is 0.128. The topological polar surface area (TPSA) is 45.7 Å². The average molecular weight is 430 g/mol. The molecule has 4 rings (SSSR count). The highest BCUT2D eigenvalue weighted by atomic mass is 32.1. The molecule has 1 fully saturated rings. The minimum Gasteiger partial charge on any atom is -0.379 e. The number of thiophene rings is 1. The highest BCUT2D eigenvalue weighted by Crippen LogP contribution is 2.32. The normalized spacial score (nSPS) is 15.1. The lowest BCUT2D eigenvalue weighted by atomic mass is 10.1. The second kappa shape index (κ2) is 9.34. The number of benzene rings is 1. The molecule has 3 heterocycles. The molecule has 29 heavy (non-hydrogen) atoms. The van der Waals surface area contributed by atoms with Crippen molar-refractivity contribution in [2.75, 3.05) is 44.3 Å². The van der Waals surface area contributed by atoms with E-state index in [1.54, 1.807) is 22.7 Å². The van der Waals surface area contributed by atoms with Gasteiger partial charge in [-0.25, -0.2) is 4.98 Å². The molecule has 1 amide bonds. The highest BCUT2D eigenvalue weighted by Gasteiger charge is 2.21. The van der Waals surface area contributed by atoms with Gasteiger partial charge in [0.25, 0.3) is 0 Å². The highest BCUT2D eigenvalue weighted by molar-refractivity contribution is 7.22. The molecule has 0 bridgehead atoms. The van der Waals surface area contributed by atoms with E-state index in [1.807, 2.05) is 22.4 Å². The predicted molar refractivity (Wildman–Crippen MR) is 121 cm³/mol. The van der Waals surface area contributed by atoms with Gasteiger partial charge in [-0.2, -0.15) is 0 Å². The number of aromatic nitrogens is 1. The van der Waals surface area contributed by atoms with E-state index in [9.17, 15) is 4.79 Å². The number of aryl methyl sites for hydroxylation is 2. The van der Waals surface area contributed by atoms with Crippen LogP contribution in [0.4, 0.5) is 5.13 Å². The van der Waals surface area contributed by atoms with Crippen LogP contribution in [-0.2, 0) is 16.0 Å². The number of morpholine rings is 1. The first-order chi connectivity index (χ1) is 14.1. The second-order valence-corrected chi connectivity index (χ2v) is 9.58. The van der Waals surface area contributed by atoms with Gasteiger partial charge in [0.05, 0.1) is 29.9 Å². The largest absolute Gasteiger partial charge is 0.379 e. The number of ether oxygens (including phenoxy) is 1. The zero-order valence-corrected chi connectivity index (χ0v) is 18.7. The molecule has 1 aromatic carbocycles. The van der Waals surface area contributed by atoms with Crippen molar-refractivity contribution >= 4 is 43.9 Å². The summed E-state index contributed by atoms with van der Waals surface area (Å²) in [6.07, 6.45) is 1.37. The third-order valence-electron chi connectivity index (χ3n) is 5.22. The smallest absolute Gasteiger partial charge is 0.234 e. The van der Waals surface area contributed by atoms with Gasteiger partial charge in [-0.1, -0.05) is 23.5 Å². The van der Waals surface area contributed by atoms with Crippen molar-refractivity contribution in [3.63, 3.8) is 0 Å². The Kier molecular flexibility index (Phi) is 6.60. The van der Waals surface area contributed by atoms with Gasteiger partial charge in [0.15, 0.2) is 5.13 Å². The summed E-state index contributed by atoms with van der Waals surface area (Å²) < 4.78 is 6.59. The molecule has 0 aliphatic carbocycles. The average Bonchev–Trinajstić information content (AvgIpc) is 3.36. The van der Waals surface area contributed by atoms with E-state index in [0.717, 1.165) is 59.5 Å². The molecule has 2 aromatic heterocycles. The Bertz CT molecular complexity index is 962. The number of fused-ring (bicyclic) bond motifs is 1. The van der Waals surface area contributed by atoms with Crippen LogP contribution in [0.15, 0.2) is 29.6 Å². The van der Waals surface area contributed by atoms with Gasteiger partial charge in [-0.15, -0.1) is 11.3 Å². The van der Waals surface area contributed by atoms with Crippen LogP contribution in [0.3, 0.4) is 0 Å². The summed E-state index contributed by atoms with van der Waals surface area (Å²) in [7, 11) is 0. The van der Waals surface area contributed by atoms with E-state index in [0.29, 0.717) is 13.0 Å². The lowest BCUT2D eigenvalue weighted by Gasteiger charge is -2.27. The van der Waals surface area contributed by atoms with Crippen LogP contribution in [0.2, 0.25) is 0 Å². The Balaban J connectivity index is 1.53. The number of rotatable bonds is 7. The molecule has 5 nitrogen and oxygen atoms in total. The number of hydrogen-bond acceptors (Lipinski definition) is 6. The van der Waals surface area contributed by atoms with Gasteiger partial charge < -0.3 is 4.74 Å². The first-order valence-corrected chi connectivity index (χ1v) is 11.8. The van der Waals surface area contributed by atoms with Crippen LogP contribution < -0.4 is 4.90 Å². The maximum Gasteiger partial charge on any atom is 0.234 e. The lowest BCUT2D eigenvalue weighted by molar-refractivity contribution is -0.118. The summed E-state index contributed by atoms with van der Waals surface area (Å²) in [5, 5.41) is 2.84. The zero-order valence-electron chi connectivity index (χ0n) is 17.0. The fourth-order valence-electron chi connectivity index (χ4n) is 3.74. The Morgan fingerprint density at radius 1 is 1.28 bits per heavy atom. The summed E-state index contributed by atoms with van der Waals surface area (Å²) >= 11 is 3.26. The first kappa shape index (κ1) is 20.5. The molecule has 0 atom stereocenters. The number of nitrogens with zero attached hydrogens (tertiary/aromatic N) is 3. The molecule has 0 N–H and O–H groups in total. The van der Waals surface area contributed by atoms with Crippen LogP contribution in [-0.4, -0.2) is 55.2 Å². The lowest BCUT2D eigenvalue weighted by Crippen LogP contribution is -2.39. The quantitative estimate of drug-likeness (QED) is 0.563. The molecule has 0 saturated carbocycles. The zero-order chi connectivity index (χ0) is 20.2. The van der Waals surface area contributed by atoms with E-state index in [-0.39, 0.29) is 5.91 Å². The van der Waals surface area contributed by atoms with Gasteiger partial charge in [-0.3, -0.25) is 14.6 Å². The summed E-state index contributed by atoms with van der Waals surface area (Å²) in [4.78, 5) is 23.5. The Labute approximate surface area is 179 Å². The standard InChI is InChI=1S/C22H27N3O2S2/c1-16-13-17(2)21-19(14-16)29-22(23-21)25(20(26)15-18-5-3-12-28-18)7-4-6-24-8-10-27-11-9-24/h3,5,12-14H,4,6-11,15H2,1-2H3. The third kappa shape index (κ3) is 5.04. The molecule has 7 heteroatoms. The SMILES string of the molecule is Cc1cc(C)c2nc(N(CCCN3CCOCC3)C(=O)Cc3cccs3)sc2c1. The molecular weight excluding hydrogens is 402 g/mol. The van der Waals surface area contributed by atoms with Gasteiger partial charge >= 0.3 is 0 Å². The van der Waals surface area contributed by atoms with Crippen LogP contribution in [0, 0.1) is 13.8 Å². The summed E-state index contributed by atoms with van der Waals surface area (Å²) in [5.74, 6) is 0.128. The fraction of sp³-hybridized carbons (Fsp3) is 0.455. The number of amides is 1. The first-order valence-electron chi connectivity index (χ1n) is 10.1. The Hall–Kier alpha value is -1.80. The maximum absolute atomic E-state index is 13.2. The number of carbonyl (C=O) groups is 1. The number of carbonyl (C=O) groups excluding carboxylic acids is 1. The van der Waals surface area contributed by atoms with E-state index < -0.39 is 0 Å². The number of hydrogen-bond donors (Lipinski definition) is 0. The number of anilines is 1. The molecular formula is C22H27N3O2S2. The second-order valence-electron chi connectivity index (χ2n) is 7.53. The molecule has 1 saturated heterocycles.